The summed E-state index contributed by atoms with van der Waals surface area (Å²) in [5.41, 5.74) is 2.89. The molecule has 4 rings (SSSR count). The van der Waals surface area contributed by atoms with E-state index in [0.29, 0.717) is 40.8 Å². The minimum Gasteiger partial charge on any atom is -0.465 e. The Morgan fingerprint density at radius 3 is 2.70 bits per heavy atom. The second-order valence-corrected chi connectivity index (χ2v) is 9.68. The smallest absolute Gasteiger partial charge is 0.350 e. The number of fused-ring (bicyclic) bond motifs is 1. The average Bonchev–Trinajstić information content (AvgIpc) is 3.36. The van der Waals surface area contributed by atoms with Gasteiger partial charge >= 0.3 is 5.97 Å². The molecule has 0 radical (unpaired) electrons. The van der Waals surface area contributed by atoms with Crippen molar-refractivity contribution in [2.75, 3.05) is 19.5 Å². The van der Waals surface area contributed by atoms with Crippen LogP contribution in [0.3, 0.4) is 0 Å². The van der Waals surface area contributed by atoms with Gasteiger partial charge in [0.1, 0.15) is 21.1 Å². The number of thiophene rings is 1. The standard InChI is InChI=1S/C23H29N5O4S/c1-14-18(27-32-26-14)13-28(2)12-16-9-10-17-20(21(23(30)31-3)33-22(17)24-16)25-19(29)11-15-7-5-4-6-8-15/h9-10,15H,4-8,11-13H2,1-3H3,(H,25,29). The molecule has 0 unspecified atom stereocenters. The first kappa shape index (κ1) is 23.3. The highest BCUT2D eigenvalue weighted by atomic mass is 32.1. The molecule has 0 bridgehead atoms. The minimum absolute atomic E-state index is 0.0628. The lowest BCUT2D eigenvalue weighted by molar-refractivity contribution is -0.117. The summed E-state index contributed by atoms with van der Waals surface area (Å²) in [5, 5.41) is 11.5. The number of hydrogen-bond donors (Lipinski definition) is 1. The zero-order valence-electron chi connectivity index (χ0n) is 19.2. The van der Waals surface area contributed by atoms with E-state index in [-0.39, 0.29) is 5.91 Å². The van der Waals surface area contributed by atoms with E-state index >= 15 is 0 Å². The van der Waals surface area contributed by atoms with Gasteiger partial charge in [-0.15, -0.1) is 11.3 Å². The molecule has 176 valence electrons. The number of nitrogens with one attached hydrogen (secondary N) is 1. The van der Waals surface area contributed by atoms with Crippen LogP contribution in [-0.4, -0.2) is 46.2 Å². The van der Waals surface area contributed by atoms with Gasteiger partial charge in [0, 0.05) is 24.9 Å². The van der Waals surface area contributed by atoms with Crippen LogP contribution in [0.2, 0.25) is 0 Å². The highest BCUT2D eigenvalue weighted by Crippen LogP contribution is 2.36. The van der Waals surface area contributed by atoms with Crippen molar-refractivity contribution in [2.24, 2.45) is 5.92 Å². The number of rotatable bonds is 8. The predicted molar refractivity (Wildman–Crippen MR) is 125 cm³/mol. The van der Waals surface area contributed by atoms with Crippen LogP contribution in [0.25, 0.3) is 10.2 Å². The molecule has 0 atom stereocenters. The largest absolute Gasteiger partial charge is 0.465 e. The summed E-state index contributed by atoms with van der Waals surface area (Å²) in [4.78, 5) is 33.1. The summed E-state index contributed by atoms with van der Waals surface area (Å²) in [6, 6.07) is 3.82. The molecule has 3 heterocycles. The second-order valence-electron chi connectivity index (χ2n) is 8.68. The molecule has 3 aromatic heterocycles. The maximum atomic E-state index is 12.8. The number of esters is 1. The zero-order chi connectivity index (χ0) is 23.4. The Bertz CT molecular complexity index is 1140. The molecule has 1 aliphatic rings. The Kier molecular flexibility index (Phi) is 7.34. The van der Waals surface area contributed by atoms with Gasteiger partial charge < -0.3 is 10.1 Å². The molecule has 1 N–H and O–H groups in total. The Labute approximate surface area is 196 Å². The monoisotopic (exact) mass is 471 g/mol. The number of aryl methyl sites for hydroxylation is 1. The van der Waals surface area contributed by atoms with Gasteiger partial charge in [0.15, 0.2) is 0 Å². The first-order chi connectivity index (χ1) is 15.9. The van der Waals surface area contributed by atoms with Crippen LogP contribution in [0.5, 0.6) is 0 Å². The number of carbonyl (C=O) groups excluding carboxylic acids is 2. The molecule has 1 aliphatic carbocycles. The molecule has 1 amide bonds. The third-order valence-corrected chi connectivity index (χ3v) is 7.12. The van der Waals surface area contributed by atoms with Crippen molar-refractivity contribution in [2.45, 2.75) is 58.5 Å². The van der Waals surface area contributed by atoms with Crippen LogP contribution in [0.1, 0.15) is 65.3 Å². The molecule has 3 aromatic rings. The van der Waals surface area contributed by atoms with Crippen molar-refractivity contribution in [3.63, 3.8) is 0 Å². The fraction of sp³-hybridized carbons (Fsp3) is 0.522. The van der Waals surface area contributed by atoms with Gasteiger partial charge in [-0.2, -0.15) is 0 Å². The van der Waals surface area contributed by atoms with Crippen LogP contribution in [0.4, 0.5) is 5.69 Å². The SMILES string of the molecule is COC(=O)c1sc2nc(CN(C)Cc3nonc3C)ccc2c1NC(=O)CC1CCCCC1. The molecule has 0 aliphatic heterocycles. The topological polar surface area (TPSA) is 110 Å². The number of pyridine rings is 1. The highest BCUT2D eigenvalue weighted by molar-refractivity contribution is 7.21. The highest BCUT2D eigenvalue weighted by Gasteiger charge is 2.24. The molecule has 0 spiro atoms. The van der Waals surface area contributed by atoms with Crippen LogP contribution in [-0.2, 0) is 22.6 Å². The van der Waals surface area contributed by atoms with E-state index in [4.69, 9.17) is 14.3 Å². The summed E-state index contributed by atoms with van der Waals surface area (Å²) < 4.78 is 9.73. The number of carbonyl (C=O) groups is 2. The molecule has 1 saturated carbocycles. The lowest BCUT2D eigenvalue weighted by Crippen LogP contribution is -2.19. The number of ether oxygens (including phenoxy) is 1. The number of methoxy groups -OCH3 is 1. The third kappa shape index (κ3) is 5.56. The maximum absolute atomic E-state index is 12.8. The minimum atomic E-state index is -0.473. The Hall–Kier alpha value is -2.85. The van der Waals surface area contributed by atoms with Crippen molar-refractivity contribution in [3.05, 3.63) is 34.1 Å². The molecule has 1 fully saturated rings. The van der Waals surface area contributed by atoms with Gasteiger partial charge in [0.05, 0.1) is 18.5 Å². The number of anilines is 1. The van der Waals surface area contributed by atoms with E-state index in [1.807, 2.05) is 26.1 Å². The van der Waals surface area contributed by atoms with Gasteiger partial charge in [-0.3, -0.25) is 9.69 Å². The van der Waals surface area contributed by atoms with Gasteiger partial charge in [0.25, 0.3) is 0 Å². The average molecular weight is 472 g/mol. The summed E-state index contributed by atoms with van der Waals surface area (Å²) in [5.74, 6) is -0.125. The first-order valence-corrected chi connectivity index (χ1v) is 12.0. The molecular formula is C23H29N5O4S. The van der Waals surface area contributed by atoms with E-state index in [1.54, 1.807) is 0 Å². The van der Waals surface area contributed by atoms with Gasteiger partial charge in [-0.1, -0.05) is 29.6 Å². The summed E-state index contributed by atoms with van der Waals surface area (Å²) >= 11 is 1.24. The fourth-order valence-corrected chi connectivity index (χ4v) is 5.36. The van der Waals surface area contributed by atoms with Crippen LogP contribution >= 0.6 is 11.3 Å². The summed E-state index contributed by atoms with van der Waals surface area (Å²) in [6.45, 7) is 3.01. The molecule has 33 heavy (non-hydrogen) atoms. The van der Waals surface area contributed by atoms with Crippen LogP contribution < -0.4 is 5.32 Å². The van der Waals surface area contributed by atoms with Crippen molar-refractivity contribution in [3.8, 4) is 0 Å². The molecular weight excluding hydrogens is 442 g/mol. The lowest BCUT2D eigenvalue weighted by Gasteiger charge is -2.20. The second kappa shape index (κ2) is 10.4. The van der Waals surface area contributed by atoms with Gasteiger partial charge in [0.2, 0.25) is 5.91 Å². The van der Waals surface area contributed by atoms with E-state index < -0.39 is 5.97 Å². The molecule has 0 aromatic carbocycles. The molecule has 0 saturated heterocycles. The van der Waals surface area contributed by atoms with Crippen molar-refractivity contribution < 1.29 is 19.0 Å². The summed E-state index contributed by atoms with van der Waals surface area (Å²) in [7, 11) is 3.31. The Morgan fingerprint density at radius 2 is 2.00 bits per heavy atom. The fourth-order valence-electron chi connectivity index (χ4n) is 4.29. The van der Waals surface area contributed by atoms with Crippen LogP contribution in [0, 0.1) is 12.8 Å². The lowest BCUT2D eigenvalue weighted by atomic mass is 9.87. The van der Waals surface area contributed by atoms with Crippen molar-refractivity contribution in [1.29, 1.82) is 0 Å². The molecule has 10 heteroatoms. The zero-order valence-corrected chi connectivity index (χ0v) is 20.0. The van der Waals surface area contributed by atoms with E-state index in [2.05, 4.69) is 20.5 Å². The number of nitrogens with zero attached hydrogens (tertiary/aromatic N) is 4. The van der Waals surface area contributed by atoms with Crippen molar-refractivity contribution >= 4 is 39.1 Å². The maximum Gasteiger partial charge on any atom is 0.350 e. The van der Waals surface area contributed by atoms with Crippen LogP contribution in [0.15, 0.2) is 16.8 Å². The Balaban J connectivity index is 1.52. The van der Waals surface area contributed by atoms with Crippen molar-refractivity contribution in [1.82, 2.24) is 20.2 Å². The quantitative estimate of drug-likeness (QED) is 0.484. The van der Waals surface area contributed by atoms with E-state index in [0.717, 1.165) is 35.3 Å². The summed E-state index contributed by atoms with van der Waals surface area (Å²) in [6.07, 6.45) is 6.26. The molecule has 9 nitrogen and oxygen atoms in total. The van der Waals surface area contributed by atoms with E-state index in [9.17, 15) is 9.59 Å². The van der Waals surface area contributed by atoms with Gasteiger partial charge in [-0.05, 0) is 44.9 Å². The Morgan fingerprint density at radius 1 is 1.21 bits per heavy atom. The number of hydrogen-bond acceptors (Lipinski definition) is 9. The first-order valence-electron chi connectivity index (χ1n) is 11.2. The number of amides is 1. The number of aromatic nitrogens is 3. The normalized spacial score (nSPS) is 14.7. The predicted octanol–water partition coefficient (Wildman–Crippen LogP) is 4.32. The van der Waals surface area contributed by atoms with Gasteiger partial charge in [-0.25, -0.2) is 14.4 Å². The third-order valence-electron chi connectivity index (χ3n) is 6.05. The van der Waals surface area contributed by atoms with E-state index in [1.165, 1.54) is 37.7 Å².